The molecule has 0 aliphatic rings. The van der Waals surface area contributed by atoms with E-state index in [1.54, 1.807) is 24.3 Å². The second kappa shape index (κ2) is 7.39. The Morgan fingerprint density at radius 2 is 1.94 bits per heavy atom. The standard InChI is InChI=1S/C14H20ClNO2/c1-4-16(5-2)10-11(3)18-14(17)12-8-6-7-9-13(12)15/h6-9,11H,4-5,10H2,1-3H3/t11-/m0/s1. The number of ether oxygens (including phenoxy) is 1. The lowest BCUT2D eigenvalue weighted by atomic mass is 10.2. The van der Waals surface area contributed by atoms with Gasteiger partial charge >= 0.3 is 5.97 Å². The molecule has 100 valence electrons. The molecule has 1 aromatic carbocycles. The Labute approximate surface area is 114 Å². The predicted molar refractivity (Wildman–Crippen MR) is 74.1 cm³/mol. The van der Waals surface area contributed by atoms with Gasteiger partial charge in [-0.15, -0.1) is 0 Å². The summed E-state index contributed by atoms with van der Waals surface area (Å²) < 4.78 is 5.39. The number of carbonyl (C=O) groups excluding carboxylic acids is 1. The highest BCUT2D eigenvalue weighted by Gasteiger charge is 2.16. The number of esters is 1. The normalized spacial score (nSPS) is 12.5. The smallest absolute Gasteiger partial charge is 0.339 e. The predicted octanol–water partition coefficient (Wildman–Crippen LogP) is 3.23. The van der Waals surface area contributed by atoms with Crippen molar-refractivity contribution in [1.29, 1.82) is 0 Å². The Balaban J connectivity index is 2.57. The number of nitrogens with zero attached hydrogens (tertiary/aromatic N) is 1. The summed E-state index contributed by atoms with van der Waals surface area (Å²) in [6.45, 7) is 8.71. The summed E-state index contributed by atoms with van der Waals surface area (Å²) in [7, 11) is 0. The summed E-state index contributed by atoms with van der Waals surface area (Å²) in [5.74, 6) is -0.361. The fraction of sp³-hybridized carbons (Fsp3) is 0.500. The highest BCUT2D eigenvalue weighted by molar-refractivity contribution is 6.33. The minimum absolute atomic E-state index is 0.145. The van der Waals surface area contributed by atoms with E-state index in [2.05, 4.69) is 18.7 Å². The highest BCUT2D eigenvalue weighted by atomic mass is 35.5. The Bertz CT molecular complexity index is 391. The summed E-state index contributed by atoms with van der Waals surface area (Å²) >= 11 is 5.95. The van der Waals surface area contributed by atoms with Gasteiger partial charge in [-0.1, -0.05) is 37.6 Å². The number of hydrogen-bond acceptors (Lipinski definition) is 3. The summed E-state index contributed by atoms with van der Waals surface area (Å²) in [4.78, 5) is 14.1. The topological polar surface area (TPSA) is 29.5 Å². The average Bonchev–Trinajstić information content (AvgIpc) is 2.36. The molecule has 0 aromatic heterocycles. The molecule has 18 heavy (non-hydrogen) atoms. The maximum absolute atomic E-state index is 11.9. The van der Waals surface area contributed by atoms with Gasteiger partial charge in [0.25, 0.3) is 0 Å². The number of rotatable bonds is 6. The Morgan fingerprint density at radius 3 is 2.50 bits per heavy atom. The van der Waals surface area contributed by atoms with Crippen LogP contribution in [0.25, 0.3) is 0 Å². The van der Waals surface area contributed by atoms with E-state index >= 15 is 0 Å². The van der Waals surface area contributed by atoms with Crippen molar-refractivity contribution in [2.45, 2.75) is 26.9 Å². The van der Waals surface area contributed by atoms with E-state index in [-0.39, 0.29) is 12.1 Å². The Kier molecular flexibility index (Phi) is 6.16. The maximum Gasteiger partial charge on any atom is 0.339 e. The van der Waals surface area contributed by atoms with Gasteiger partial charge in [0.15, 0.2) is 0 Å². The highest BCUT2D eigenvalue weighted by Crippen LogP contribution is 2.16. The van der Waals surface area contributed by atoms with Gasteiger partial charge in [-0.3, -0.25) is 0 Å². The van der Waals surface area contributed by atoms with Crippen LogP contribution in [0, 0.1) is 0 Å². The molecule has 0 aliphatic heterocycles. The summed E-state index contributed by atoms with van der Waals surface area (Å²) in [5, 5.41) is 0.428. The molecule has 0 saturated heterocycles. The molecule has 0 heterocycles. The number of likely N-dealkylation sites (N-methyl/N-ethyl adjacent to an activating group) is 1. The van der Waals surface area contributed by atoms with E-state index in [0.29, 0.717) is 10.6 Å². The van der Waals surface area contributed by atoms with Crippen molar-refractivity contribution in [2.24, 2.45) is 0 Å². The van der Waals surface area contributed by atoms with Crippen molar-refractivity contribution in [1.82, 2.24) is 4.90 Å². The SMILES string of the molecule is CCN(CC)C[C@H](C)OC(=O)c1ccccc1Cl. The van der Waals surface area contributed by atoms with E-state index in [1.807, 2.05) is 6.92 Å². The molecule has 0 aliphatic carbocycles. The van der Waals surface area contributed by atoms with Crippen molar-refractivity contribution in [3.63, 3.8) is 0 Å². The molecule has 0 unspecified atom stereocenters. The number of benzene rings is 1. The third kappa shape index (κ3) is 4.31. The second-order valence-corrected chi connectivity index (χ2v) is 4.59. The number of halogens is 1. The zero-order chi connectivity index (χ0) is 13.5. The van der Waals surface area contributed by atoms with Crippen LogP contribution in [-0.4, -0.2) is 36.6 Å². The molecule has 0 saturated carbocycles. The largest absolute Gasteiger partial charge is 0.458 e. The Hall–Kier alpha value is -1.06. The first-order valence-corrected chi connectivity index (χ1v) is 6.64. The first-order valence-electron chi connectivity index (χ1n) is 6.26. The van der Waals surface area contributed by atoms with Crippen molar-refractivity contribution in [3.8, 4) is 0 Å². The molecule has 1 aromatic rings. The van der Waals surface area contributed by atoms with Crippen LogP contribution in [0.3, 0.4) is 0 Å². The third-order valence-corrected chi connectivity index (χ3v) is 3.14. The molecule has 3 nitrogen and oxygen atoms in total. The quantitative estimate of drug-likeness (QED) is 0.743. The molecule has 0 amide bonds. The third-order valence-electron chi connectivity index (χ3n) is 2.81. The maximum atomic E-state index is 11.9. The van der Waals surface area contributed by atoms with Gasteiger partial charge in [0.1, 0.15) is 6.10 Å². The van der Waals surface area contributed by atoms with Crippen LogP contribution in [0.1, 0.15) is 31.1 Å². The van der Waals surface area contributed by atoms with Gasteiger partial charge in [-0.2, -0.15) is 0 Å². The molecule has 0 bridgehead atoms. The summed E-state index contributed by atoms with van der Waals surface area (Å²) in [6.07, 6.45) is -0.145. The van der Waals surface area contributed by atoms with Crippen LogP contribution < -0.4 is 0 Å². The minimum atomic E-state index is -0.361. The molecule has 0 fully saturated rings. The van der Waals surface area contributed by atoms with Crippen LogP contribution in [0.4, 0.5) is 0 Å². The van der Waals surface area contributed by atoms with Gasteiger partial charge in [0.2, 0.25) is 0 Å². The number of carbonyl (C=O) groups is 1. The summed E-state index contributed by atoms with van der Waals surface area (Å²) in [5.41, 5.74) is 0.422. The first kappa shape index (κ1) is 15.0. The van der Waals surface area contributed by atoms with Crippen molar-refractivity contribution in [2.75, 3.05) is 19.6 Å². The monoisotopic (exact) mass is 269 g/mol. The molecule has 1 rings (SSSR count). The van der Waals surface area contributed by atoms with Gasteiger partial charge in [0, 0.05) is 6.54 Å². The van der Waals surface area contributed by atoms with Crippen molar-refractivity contribution >= 4 is 17.6 Å². The fourth-order valence-electron chi connectivity index (χ4n) is 1.76. The van der Waals surface area contributed by atoms with Gasteiger partial charge in [-0.05, 0) is 32.1 Å². The van der Waals surface area contributed by atoms with Gasteiger partial charge < -0.3 is 9.64 Å². The molecule has 1 atom stereocenters. The lowest BCUT2D eigenvalue weighted by Gasteiger charge is -2.22. The van der Waals surface area contributed by atoms with Gasteiger partial charge in [-0.25, -0.2) is 4.79 Å². The molecular weight excluding hydrogens is 250 g/mol. The van der Waals surface area contributed by atoms with Crippen molar-refractivity contribution in [3.05, 3.63) is 34.9 Å². The molecule has 0 radical (unpaired) electrons. The molecule has 0 N–H and O–H groups in total. The van der Waals surface area contributed by atoms with Crippen LogP contribution >= 0.6 is 11.6 Å². The average molecular weight is 270 g/mol. The minimum Gasteiger partial charge on any atom is -0.458 e. The van der Waals surface area contributed by atoms with E-state index in [9.17, 15) is 4.79 Å². The first-order chi connectivity index (χ1) is 8.58. The van der Waals surface area contributed by atoms with Gasteiger partial charge in [0.05, 0.1) is 10.6 Å². The lowest BCUT2D eigenvalue weighted by molar-refractivity contribution is 0.0261. The van der Waals surface area contributed by atoms with Crippen LogP contribution in [0.5, 0.6) is 0 Å². The van der Waals surface area contributed by atoms with E-state index < -0.39 is 0 Å². The zero-order valence-electron chi connectivity index (χ0n) is 11.1. The molecular formula is C14H20ClNO2. The zero-order valence-corrected chi connectivity index (χ0v) is 11.9. The second-order valence-electron chi connectivity index (χ2n) is 4.18. The summed E-state index contributed by atoms with van der Waals surface area (Å²) in [6, 6.07) is 6.93. The lowest BCUT2D eigenvalue weighted by Crippen LogP contribution is -2.33. The van der Waals surface area contributed by atoms with E-state index in [0.717, 1.165) is 19.6 Å². The molecule has 4 heteroatoms. The number of hydrogen-bond donors (Lipinski definition) is 0. The molecule has 0 spiro atoms. The van der Waals surface area contributed by atoms with Crippen LogP contribution in [0.15, 0.2) is 24.3 Å². The van der Waals surface area contributed by atoms with E-state index in [4.69, 9.17) is 16.3 Å². The fourth-order valence-corrected chi connectivity index (χ4v) is 1.97. The van der Waals surface area contributed by atoms with Crippen LogP contribution in [-0.2, 0) is 4.74 Å². The Morgan fingerprint density at radius 1 is 1.33 bits per heavy atom. The van der Waals surface area contributed by atoms with Crippen molar-refractivity contribution < 1.29 is 9.53 Å². The van der Waals surface area contributed by atoms with Crippen LogP contribution in [0.2, 0.25) is 5.02 Å². The van der Waals surface area contributed by atoms with E-state index in [1.165, 1.54) is 0 Å².